The zero-order valence-corrected chi connectivity index (χ0v) is 8.70. The number of benzene rings is 1. The van der Waals surface area contributed by atoms with Crippen molar-refractivity contribution >= 4 is 11.7 Å². The van der Waals surface area contributed by atoms with Crippen LogP contribution in [-0.2, 0) is 4.79 Å². The first-order chi connectivity index (χ1) is 7.00. The molecule has 1 rings (SSSR count). The van der Waals surface area contributed by atoms with E-state index >= 15 is 0 Å². The van der Waals surface area contributed by atoms with Crippen LogP contribution in [0.1, 0.15) is 13.8 Å². The van der Waals surface area contributed by atoms with E-state index in [0.29, 0.717) is 0 Å². The van der Waals surface area contributed by atoms with E-state index in [2.05, 4.69) is 5.32 Å². The second-order valence-electron chi connectivity index (χ2n) is 3.57. The van der Waals surface area contributed by atoms with Crippen molar-refractivity contribution in [2.75, 3.05) is 5.32 Å². The van der Waals surface area contributed by atoms with Gasteiger partial charge in [-0.15, -0.1) is 0 Å². The van der Waals surface area contributed by atoms with E-state index in [-0.39, 0.29) is 11.9 Å². The Balaban J connectivity index is 2.62. The van der Waals surface area contributed by atoms with Gasteiger partial charge in [0.2, 0.25) is 0 Å². The minimum atomic E-state index is -0.850. The van der Waals surface area contributed by atoms with E-state index in [0.717, 1.165) is 5.69 Å². The van der Waals surface area contributed by atoms with Gasteiger partial charge in [0.1, 0.15) is 5.82 Å². The third-order valence-electron chi connectivity index (χ3n) is 2.38. The highest BCUT2D eigenvalue weighted by atomic mass is 19.1. The Hall–Kier alpha value is -1.58. The summed E-state index contributed by atoms with van der Waals surface area (Å²) in [4.78, 5) is 10.7. The van der Waals surface area contributed by atoms with E-state index in [4.69, 9.17) is 5.11 Å². The van der Waals surface area contributed by atoms with Crippen LogP contribution in [0, 0.1) is 11.7 Å². The Kier molecular flexibility index (Phi) is 3.66. The van der Waals surface area contributed by atoms with E-state index in [1.807, 2.05) is 0 Å². The number of carbonyl (C=O) groups is 1. The fourth-order valence-corrected chi connectivity index (χ4v) is 1.15. The number of anilines is 1. The Morgan fingerprint density at radius 3 is 2.33 bits per heavy atom. The van der Waals surface area contributed by atoms with Gasteiger partial charge < -0.3 is 10.4 Å². The number of carboxylic acids is 1. The van der Waals surface area contributed by atoms with Gasteiger partial charge in [0.15, 0.2) is 0 Å². The molecule has 2 unspecified atom stereocenters. The summed E-state index contributed by atoms with van der Waals surface area (Å²) in [5.74, 6) is -1.65. The largest absolute Gasteiger partial charge is 0.481 e. The molecule has 15 heavy (non-hydrogen) atoms. The summed E-state index contributed by atoms with van der Waals surface area (Å²) in [5.41, 5.74) is 0.719. The molecule has 0 saturated heterocycles. The lowest BCUT2D eigenvalue weighted by Crippen LogP contribution is -2.29. The van der Waals surface area contributed by atoms with Crippen LogP contribution >= 0.6 is 0 Å². The molecule has 0 radical (unpaired) electrons. The molecule has 2 atom stereocenters. The van der Waals surface area contributed by atoms with Crippen molar-refractivity contribution in [1.82, 2.24) is 0 Å². The number of aliphatic carboxylic acids is 1. The average molecular weight is 211 g/mol. The predicted molar refractivity (Wildman–Crippen MR) is 56.3 cm³/mol. The molecule has 0 bridgehead atoms. The smallest absolute Gasteiger partial charge is 0.308 e. The molecule has 0 heterocycles. The van der Waals surface area contributed by atoms with Gasteiger partial charge in [0, 0.05) is 11.7 Å². The van der Waals surface area contributed by atoms with Crippen LogP contribution in [0.2, 0.25) is 0 Å². The second-order valence-corrected chi connectivity index (χ2v) is 3.57. The summed E-state index contributed by atoms with van der Waals surface area (Å²) in [6, 6.07) is 5.63. The number of nitrogens with one attached hydrogen (secondary N) is 1. The van der Waals surface area contributed by atoms with Gasteiger partial charge in [-0.25, -0.2) is 4.39 Å². The van der Waals surface area contributed by atoms with Crippen LogP contribution in [0.25, 0.3) is 0 Å². The van der Waals surface area contributed by atoms with Crippen molar-refractivity contribution in [3.63, 3.8) is 0 Å². The number of rotatable bonds is 4. The van der Waals surface area contributed by atoms with Crippen molar-refractivity contribution in [2.24, 2.45) is 5.92 Å². The summed E-state index contributed by atoms with van der Waals surface area (Å²) < 4.78 is 12.6. The Bertz CT molecular complexity index is 337. The van der Waals surface area contributed by atoms with Gasteiger partial charge in [0.25, 0.3) is 0 Å². The zero-order valence-electron chi connectivity index (χ0n) is 8.70. The molecule has 0 fully saturated rings. The van der Waals surface area contributed by atoms with Gasteiger partial charge in [-0.1, -0.05) is 0 Å². The molecule has 1 aromatic rings. The predicted octanol–water partition coefficient (Wildman–Crippen LogP) is 2.35. The van der Waals surface area contributed by atoms with E-state index in [9.17, 15) is 9.18 Å². The minimum absolute atomic E-state index is 0.201. The zero-order chi connectivity index (χ0) is 11.4. The van der Waals surface area contributed by atoms with Crippen LogP contribution < -0.4 is 5.32 Å². The minimum Gasteiger partial charge on any atom is -0.481 e. The summed E-state index contributed by atoms with van der Waals surface area (Å²) >= 11 is 0. The highest BCUT2D eigenvalue weighted by molar-refractivity contribution is 5.71. The lowest BCUT2D eigenvalue weighted by molar-refractivity contribution is -0.141. The van der Waals surface area contributed by atoms with Crippen LogP contribution in [0.15, 0.2) is 24.3 Å². The first-order valence-electron chi connectivity index (χ1n) is 4.75. The lowest BCUT2D eigenvalue weighted by Gasteiger charge is -2.18. The van der Waals surface area contributed by atoms with Gasteiger partial charge in [-0.3, -0.25) is 4.79 Å². The SMILES string of the molecule is CC(Nc1ccc(F)cc1)C(C)C(=O)O. The molecule has 0 amide bonds. The van der Waals surface area contributed by atoms with Crippen LogP contribution in [0.5, 0.6) is 0 Å². The molecule has 0 aliphatic heterocycles. The highest BCUT2D eigenvalue weighted by Gasteiger charge is 2.18. The van der Waals surface area contributed by atoms with E-state index in [1.54, 1.807) is 26.0 Å². The molecular formula is C11H14FNO2. The van der Waals surface area contributed by atoms with Gasteiger partial charge in [-0.2, -0.15) is 0 Å². The average Bonchev–Trinajstić information content (AvgIpc) is 2.20. The monoisotopic (exact) mass is 211 g/mol. The van der Waals surface area contributed by atoms with Crippen molar-refractivity contribution in [1.29, 1.82) is 0 Å². The van der Waals surface area contributed by atoms with Gasteiger partial charge in [-0.05, 0) is 38.1 Å². The van der Waals surface area contributed by atoms with E-state index in [1.165, 1.54) is 12.1 Å². The maximum Gasteiger partial charge on any atom is 0.308 e. The quantitative estimate of drug-likeness (QED) is 0.803. The molecule has 1 aromatic carbocycles. The van der Waals surface area contributed by atoms with Crippen molar-refractivity contribution in [3.05, 3.63) is 30.1 Å². The van der Waals surface area contributed by atoms with Crippen LogP contribution in [0.3, 0.4) is 0 Å². The fourth-order valence-electron chi connectivity index (χ4n) is 1.15. The fraction of sp³-hybridized carbons (Fsp3) is 0.364. The molecular weight excluding hydrogens is 197 g/mol. The normalized spacial score (nSPS) is 14.3. The van der Waals surface area contributed by atoms with Gasteiger partial charge in [0.05, 0.1) is 5.92 Å². The highest BCUT2D eigenvalue weighted by Crippen LogP contribution is 2.13. The Morgan fingerprint density at radius 1 is 1.33 bits per heavy atom. The van der Waals surface area contributed by atoms with E-state index < -0.39 is 11.9 Å². The maximum atomic E-state index is 12.6. The molecule has 0 saturated carbocycles. The third-order valence-corrected chi connectivity index (χ3v) is 2.38. The first kappa shape index (κ1) is 11.5. The third kappa shape index (κ3) is 3.23. The molecule has 0 spiro atoms. The maximum absolute atomic E-state index is 12.6. The molecule has 2 N–H and O–H groups in total. The lowest BCUT2D eigenvalue weighted by atomic mass is 10.0. The van der Waals surface area contributed by atoms with Crippen LogP contribution in [0.4, 0.5) is 10.1 Å². The molecule has 0 aromatic heterocycles. The number of hydrogen-bond acceptors (Lipinski definition) is 2. The molecule has 3 nitrogen and oxygen atoms in total. The van der Waals surface area contributed by atoms with Crippen LogP contribution in [-0.4, -0.2) is 17.1 Å². The summed E-state index contributed by atoms with van der Waals surface area (Å²) in [6.07, 6.45) is 0. The molecule has 0 aliphatic carbocycles. The van der Waals surface area contributed by atoms with Crippen molar-refractivity contribution < 1.29 is 14.3 Å². The number of halogens is 1. The Morgan fingerprint density at radius 2 is 1.87 bits per heavy atom. The molecule has 4 heteroatoms. The number of hydrogen-bond donors (Lipinski definition) is 2. The second kappa shape index (κ2) is 4.77. The van der Waals surface area contributed by atoms with Crippen molar-refractivity contribution in [2.45, 2.75) is 19.9 Å². The summed E-state index contributed by atoms with van der Waals surface area (Å²) in [6.45, 7) is 3.41. The van der Waals surface area contributed by atoms with Gasteiger partial charge >= 0.3 is 5.97 Å². The summed E-state index contributed by atoms with van der Waals surface area (Å²) in [7, 11) is 0. The van der Waals surface area contributed by atoms with Crippen molar-refractivity contribution in [3.8, 4) is 0 Å². The summed E-state index contributed by atoms with van der Waals surface area (Å²) in [5, 5.41) is 11.8. The standard InChI is InChI=1S/C11H14FNO2/c1-7(11(14)15)8(2)13-10-5-3-9(12)4-6-10/h3-8,13H,1-2H3,(H,14,15). The topological polar surface area (TPSA) is 49.3 Å². The molecule has 82 valence electrons. The molecule has 0 aliphatic rings. The Labute approximate surface area is 87.9 Å². The number of carboxylic acid groups (broad SMARTS) is 1. The first-order valence-corrected chi connectivity index (χ1v) is 4.75.